The summed E-state index contributed by atoms with van der Waals surface area (Å²) in [5.74, 6) is 1.90. The second kappa shape index (κ2) is 4.24. The zero-order valence-electron chi connectivity index (χ0n) is 10.9. The van der Waals surface area contributed by atoms with Gasteiger partial charge in [-0.15, -0.1) is 0 Å². The first-order valence-electron chi connectivity index (χ1n) is 6.21. The summed E-state index contributed by atoms with van der Waals surface area (Å²) in [6, 6.07) is 0. The van der Waals surface area contributed by atoms with Crippen molar-refractivity contribution in [1.29, 1.82) is 0 Å². The Morgan fingerprint density at radius 3 is 3.00 bits per heavy atom. The van der Waals surface area contributed by atoms with Crippen LogP contribution >= 0.6 is 0 Å². The maximum Gasteiger partial charge on any atom is 0.259 e. The first-order chi connectivity index (χ1) is 8.70. The van der Waals surface area contributed by atoms with Crippen LogP contribution in [-0.2, 0) is 4.74 Å². The van der Waals surface area contributed by atoms with Crippen molar-refractivity contribution in [2.24, 2.45) is 0 Å². The van der Waals surface area contributed by atoms with E-state index in [1.807, 2.05) is 17.5 Å². The number of nitrogens with zero attached hydrogens (tertiary/aromatic N) is 3. The molecule has 2 atom stereocenters. The third-order valence-corrected chi connectivity index (χ3v) is 3.64. The van der Waals surface area contributed by atoms with Gasteiger partial charge in [0.25, 0.3) is 5.88 Å². The van der Waals surface area contributed by atoms with Gasteiger partial charge in [-0.3, -0.25) is 4.40 Å². The van der Waals surface area contributed by atoms with Crippen LogP contribution in [-0.4, -0.2) is 34.2 Å². The van der Waals surface area contributed by atoms with Gasteiger partial charge in [-0.25, -0.2) is 4.98 Å². The van der Waals surface area contributed by atoms with Gasteiger partial charge in [0.05, 0.1) is 13.2 Å². The fraction of sp³-hybridized carbons (Fsp3) is 0.538. The Hall–Kier alpha value is -1.62. The lowest BCUT2D eigenvalue weighted by molar-refractivity contribution is 0.118. The van der Waals surface area contributed by atoms with Gasteiger partial charge in [-0.2, -0.15) is 4.98 Å². The largest absolute Gasteiger partial charge is 0.478 e. The SMILES string of the molecule is COc1nc(C)n2cc(C3CCOC3C)cnc12. The van der Waals surface area contributed by atoms with E-state index in [-0.39, 0.29) is 6.10 Å². The number of fused-ring (bicyclic) bond motifs is 1. The van der Waals surface area contributed by atoms with E-state index in [9.17, 15) is 0 Å². The molecule has 1 saturated heterocycles. The summed E-state index contributed by atoms with van der Waals surface area (Å²) in [5.41, 5.74) is 1.97. The number of rotatable bonds is 2. The number of ether oxygens (including phenoxy) is 2. The monoisotopic (exact) mass is 247 g/mol. The van der Waals surface area contributed by atoms with E-state index in [0.717, 1.165) is 24.5 Å². The minimum absolute atomic E-state index is 0.259. The molecule has 0 aliphatic carbocycles. The van der Waals surface area contributed by atoms with Gasteiger partial charge >= 0.3 is 0 Å². The van der Waals surface area contributed by atoms with Crippen LogP contribution in [0.5, 0.6) is 5.88 Å². The van der Waals surface area contributed by atoms with Gasteiger partial charge in [-0.1, -0.05) is 0 Å². The normalized spacial score (nSPS) is 23.7. The highest BCUT2D eigenvalue weighted by molar-refractivity contribution is 5.51. The number of methoxy groups -OCH3 is 1. The Kier molecular flexibility index (Phi) is 2.70. The average Bonchev–Trinajstić information content (AvgIpc) is 2.93. The van der Waals surface area contributed by atoms with Gasteiger partial charge in [0, 0.05) is 24.9 Å². The molecule has 0 N–H and O–H groups in total. The van der Waals surface area contributed by atoms with Crippen LogP contribution in [0.3, 0.4) is 0 Å². The second-order valence-corrected chi connectivity index (χ2v) is 4.72. The number of aryl methyl sites for hydroxylation is 1. The van der Waals surface area contributed by atoms with Gasteiger partial charge in [0.15, 0.2) is 0 Å². The number of hydrogen-bond acceptors (Lipinski definition) is 4. The van der Waals surface area contributed by atoms with Crippen molar-refractivity contribution in [3.63, 3.8) is 0 Å². The summed E-state index contributed by atoms with van der Waals surface area (Å²) in [4.78, 5) is 8.81. The van der Waals surface area contributed by atoms with E-state index in [4.69, 9.17) is 9.47 Å². The molecule has 5 heteroatoms. The van der Waals surface area contributed by atoms with Crippen molar-refractivity contribution >= 4 is 5.65 Å². The molecule has 1 aliphatic rings. The van der Waals surface area contributed by atoms with Crippen LogP contribution in [0.25, 0.3) is 5.65 Å². The molecule has 0 amide bonds. The van der Waals surface area contributed by atoms with Crippen LogP contribution in [0.15, 0.2) is 12.4 Å². The van der Waals surface area contributed by atoms with Gasteiger partial charge in [0.2, 0.25) is 5.65 Å². The lowest BCUT2D eigenvalue weighted by Gasteiger charge is -2.14. The summed E-state index contributed by atoms with van der Waals surface area (Å²) in [5, 5.41) is 0. The molecule has 2 aromatic heterocycles. The van der Waals surface area contributed by atoms with Gasteiger partial charge < -0.3 is 9.47 Å². The quantitative estimate of drug-likeness (QED) is 0.813. The standard InChI is InChI=1S/C13H17N3O2/c1-8-11(4-5-18-8)10-6-14-12-13(17-3)15-9(2)16(12)7-10/h6-8,11H,4-5H2,1-3H3. The Labute approximate surface area is 106 Å². The molecule has 18 heavy (non-hydrogen) atoms. The molecule has 5 nitrogen and oxygen atoms in total. The van der Waals surface area contributed by atoms with E-state index in [1.54, 1.807) is 7.11 Å². The van der Waals surface area contributed by atoms with E-state index < -0.39 is 0 Å². The minimum atomic E-state index is 0.259. The van der Waals surface area contributed by atoms with Crippen LogP contribution in [0.4, 0.5) is 0 Å². The van der Waals surface area contributed by atoms with Crippen LogP contribution < -0.4 is 4.74 Å². The lowest BCUT2D eigenvalue weighted by atomic mass is 9.96. The lowest BCUT2D eigenvalue weighted by Crippen LogP contribution is -2.10. The molecule has 1 aliphatic heterocycles. The summed E-state index contributed by atoms with van der Waals surface area (Å²) < 4.78 is 12.8. The highest BCUT2D eigenvalue weighted by Gasteiger charge is 2.26. The topological polar surface area (TPSA) is 48.7 Å². The number of aromatic nitrogens is 3. The predicted octanol–water partition coefficient (Wildman–Crippen LogP) is 1.94. The Bertz CT molecular complexity index is 579. The van der Waals surface area contributed by atoms with Crippen molar-refractivity contribution < 1.29 is 9.47 Å². The second-order valence-electron chi connectivity index (χ2n) is 4.72. The first kappa shape index (κ1) is 11.5. The molecule has 0 radical (unpaired) electrons. The van der Waals surface area contributed by atoms with Gasteiger partial charge in [-0.05, 0) is 25.8 Å². The molecule has 1 fully saturated rings. The zero-order valence-corrected chi connectivity index (χ0v) is 10.9. The average molecular weight is 247 g/mol. The van der Waals surface area contributed by atoms with E-state index >= 15 is 0 Å². The molecular formula is C13H17N3O2. The van der Waals surface area contributed by atoms with E-state index in [2.05, 4.69) is 23.1 Å². The Balaban J connectivity index is 2.08. The summed E-state index contributed by atoms with van der Waals surface area (Å²) in [6.07, 6.45) is 5.33. The van der Waals surface area contributed by atoms with E-state index in [1.165, 1.54) is 5.56 Å². The molecule has 96 valence electrons. The zero-order chi connectivity index (χ0) is 12.7. The maximum atomic E-state index is 5.61. The Morgan fingerprint density at radius 2 is 2.33 bits per heavy atom. The van der Waals surface area contributed by atoms with Crippen molar-refractivity contribution in [3.05, 3.63) is 23.8 Å². The predicted molar refractivity (Wildman–Crippen MR) is 67.0 cm³/mol. The van der Waals surface area contributed by atoms with Crippen molar-refractivity contribution in [2.75, 3.05) is 13.7 Å². The van der Waals surface area contributed by atoms with Crippen molar-refractivity contribution in [1.82, 2.24) is 14.4 Å². The fourth-order valence-corrected chi connectivity index (χ4v) is 2.60. The molecule has 2 aromatic rings. The molecule has 0 spiro atoms. The van der Waals surface area contributed by atoms with E-state index in [0.29, 0.717) is 11.8 Å². The molecule has 0 saturated carbocycles. The molecular weight excluding hydrogens is 230 g/mol. The summed E-state index contributed by atoms with van der Waals surface area (Å²) >= 11 is 0. The first-order valence-corrected chi connectivity index (χ1v) is 6.21. The Morgan fingerprint density at radius 1 is 1.50 bits per heavy atom. The third-order valence-electron chi connectivity index (χ3n) is 3.64. The van der Waals surface area contributed by atoms with Crippen LogP contribution in [0.2, 0.25) is 0 Å². The third kappa shape index (κ3) is 1.66. The van der Waals surface area contributed by atoms with Crippen LogP contribution in [0.1, 0.15) is 30.7 Å². The highest BCUT2D eigenvalue weighted by Crippen LogP contribution is 2.31. The van der Waals surface area contributed by atoms with Crippen molar-refractivity contribution in [3.8, 4) is 5.88 Å². The van der Waals surface area contributed by atoms with Gasteiger partial charge in [0.1, 0.15) is 5.82 Å². The van der Waals surface area contributed by atoms with Crippen LogP contribution in [0, 0.1) is 6.92 Å². The highest BCUT2D eigenvalue weighted by atomic mass is 16.5. The molecule has 0 bridgehead atoms. The number of imidazole rings is 1. The smallest absolute Gasteiger partial charge is 0.259 e. The molecule has 0 aromatic carbocycles. The fourth-order valence-electron chi connectivity index (χ4n) is 2.60. The van der Waals surface area contributed by atoms with Crippen molar-refractivity contribution in [2.45, 2.75) is 32.3 Å². The maximum absolute atomic E-state index is 5.61. The molecule has 2 unspecified atom stereocenters. The summed E-state index contributed by atoms with van der Waals surface area (Å²) in [7, 11) is 1.62. The minimum Gasteiger partial charge on any atom is -0.478 e. The summed E-state index contributed by atoms with van der Waals surface area (Å²) in [6.45, 7) is 4.90. The molecule has 3 rings (SSSR count). The molecule has 3 heterocycles. The number of hydrogen-bond donors (Lipinski definition) is 0.